The van der Waals surface area contributed by atoms with Crippen molar-refractivity contribution in [2.24, 2.45) is 5.16 Å². The zero-order chi connectivity index (χ0) is 17.6. The third kappa shape index (κ3) is 5.62. The lowest BCUT2D eigenvalue weighted by atomic mass is 10.1. The van der Waals surface area contributed by atoms with Gasteiger partial charge in [0.1, 0.15) is 6.61 Å². The molecule has 8 heteroatoms. The van der Waals surface area contributed by atoms with Gasteiger partial charge < -0.3 is 14.6 Å². The third-order valence-electron chi connectivity index (χ3n) is 3.29. The molecule has 128 valence electrons. The maximum atomic E-state index is 11.7. The number of benzene rings is 2. The number of hydrogen-bond donors (Lipinski definition) is 2. The second kappa shape index (κ2) is 8.65. The maximum Gasteiger partial charge on any atom is 0.333 e. The zero-order valence-corrected chi connectivity index (χ0v) is 15.0. The Labute approximate surface area is 150 Å². The van der Waals surface area contributed by atoms with Crippen LogP contribution in [0.2, 0.25) is 10.0 Å². The summed E-state index contributed by atoms with van der Waals surface area (Å²) in [5, 5.41) is 4.32. The molecule has 2 N–H and O–H groups in total. The Morgan fingerprint density at radius 2 is 1.83 bits per heavy atom. The molecule has 1 atom stereocenters. The topological polar surface area (TPSA) is 79.1 Å². The van der Waals surface area contributed by atoms with E-state index in [9.17, 15) is 14.4 Å². The summed E-state index contributed by atoms with van der Waals surface area (Å²) in [6, 6.07) is 13.9. The standard InChI is InChI=1S/C16H16Cl2NO4P/c17-14-7-6-13(10-15(14)18)16(24(20,21)22)8-9-19-23-11-12-4-2-1-3-5-12/h1-7,9-10,16H,8,11H2,(H2,20,21,22)/b19-9+. The summed E-state index contributed by atoms with van der Waals surface area (Å²) >= 11 is 11.7. The molecule has 2 aromatic rings. The molecule has 0 amide bonds. The van der Waals surface area contributed by atoms with E-state index in [2.05, 4.69) is 5.16 Å². The Bertz CT molecular complexity index is 749. The van der Waals surface area contributed by atoms with Crippen molar-refractivity contribution in [1.29, 1.82) is 0 Å². The molecule has 0 saturated heterocycles. The van der Waals surface area contributed by atoms with Crippen LogP contribution in [0.3, 0.4) is 0 Å². The minimum absolute atomic E-state index is 0.0109. The number of halogens is 2. The summed E-state index contributed by atoms with van der Waals surface area (Å²) in [7, 11) is -4.39. The zero-order valence-electron chi connectivity index (χ0n) is 12.5. The van der Waals surface area contributed by atoms with Gasteiger partial charge in [0.2, 0.25) is 0 Å². The van der Waals surface area contributed by atoms with Gasteiger partial charge in [0.05, 0.1) is 15.7 Å². The van der Waals surface area contributed by atoms with Gasteiger partial charge in [-0.05, 0) is 23.3 Å². The fourth-order valence-electron chi connectivity index (χ4n) is 2.07. The minimum atomic E-state index is -4.39. The first-order valence-electron chi connectivity index (χ1n) is 7.06. The Balaban J connectivity index is 2.00. The lowest BCUT2D eigenvalue weighted by molar-refractivity contribution is 0.131. The molecular formula is C16H16Cl2NO4P. The smallest absolute Gasteiger partial charge is 0.333 e. The highest BCUT2D eigenvalue weighted by Gasteiger charge is 2.30. The van der Waals surface area contributed by atoms with Crippen LogP contribution in [0, 0.1) is 0 Å². The van der Waals surface area contributed by atoms with Crippen molar-refractivity contribution in [3.05, 3.63) is 69.7 Å². The van der Waals surface area contributed by atoms with E-state index in [0.717, 1.165) is 5.56 Å². The second-order valence-corrected chi connectivity index (χ2v) is 7.68. The minimum Gasteiger partial charge on any atom is -0.391 e. The first-order valence-corrected chi connectivity index (χ1v) is 9.49. The van der Waals surface area contributed by atoms with Crippen LogP contribution in [0.4, 0.5) is 0 Å². The van der Waals surface area contributed by atoms with E-state index in [0.29, 0.717) is 10.6 Å². The van der Waals surface area contributed by atoms with Crippen molar-refractivity contribution in [3.63, 3.8) is 0 Å². The van der Waals surface area contributed by atoms with Crippen LogP contribution in [0.5, 0.6) is 0 Å². The Morgan fingerprint density at radius 3 is 2.46 bits per heavy atom. The monoisotopic (exact) mass is 387 g/mol. The fourth-order valence-corrected chi connectivity index (χ4v) is 3.29. The molecular weight excluding hydrogens is 372 g/mol. The Morgan fingerprint density at radius 1 is 1.12 bits per heavy atom. The molecule has 0 bridgehead atoms. The summed E-state index contributed by atoms with van der Waals surface area (Å²) in [4.78, 5) is 24.2. The van der Waals surface area contributed by atoms with E-state index >= 15 is 0 Å². The van der Waals surface area contributed by atoms with Gasteiger partial charge in [-0.3, -0.25) is 4.57 Å². The molecule has 0 radical (unpaired) electrons. The van der Waals surface area contributed by atoms with Gasteiger partial charge in [0.15, 0.2) is 0 Å². The second-order valence-electron chi connectivity index (χ2n) is 5.06. The van der Waals surface area contributed by atoms with Gasteiger partial charge in [0.25, 0.3) is 0 Å². The van der Waals surface area contributed by atoms with E-state index in [1.165, 1.54) is 24.4 Å². The van der Waals surface area contributed by atoms with Crippen LogP contribution < -0.4 is 0 Å². The van der Waals surface area contributed by atoms with Crippen LogP contribution >= 0.6 is 30.8 Å². The van der Waals surface area contributed by atoms with E-state index < -0.39 is 13.3 Å². The predicted octanol–water partition coefficient (Wildman–Crippen LogP) is 4.80. The molecule has 0 spiro atoms. The van der Waals surface area contributed by atoms with Crippen molar-refractivity contribution >= 4 is 37.0 Å². The average Bonchev–Trinajstić information content (AvgIpc) is 2.53. The van der Waals surface area contributed by atoms with Crippen LogP contribution in [0.25, 0.3) is 0 Å². The Hall–Kier alpha value is -1.36. The van der Waals surface area contributed by atoms with Gasteiger partial charge in [-0.1, -0.05) is 64.8 Å². The number of nitrogens with zero attached hydrogens (tertiary/aromatic N) is 1. The molecule has 0 aliphatic heterocycles. The number of hydrogen-bond acceptors (Lipinski definition) is 3. The summed E-state index contributed by atoms with van der Waals surface area (Å²) in [6.07, 6.45) is 1.35. The normalized spacial score (nSPS) is 13.2. The molecule has 5 nitrogen and oxygen atoms in total. The summed E-state index contributed by atoms with van der Waals surface area (Å²) in [6.45, 7) is 0.282. The first-order chi connectivity index (χ1) is 11.4. The first kappa shape index (κ1) is 19.0. The Kier molecular flexibility index (Phi) is 6.84. The van der Waals surface area contributed by atoms with Crippen molar-refractivity contribution in [1.82, 2.24) is 0 Å². The van der Waals surface area contributed by atoms with Crippen LogP contribution in [0.15, 0.2) is 53.7 Å². The van der Waals surface area contributed by atoms with Gasteiger partial charge in [0, 0.05) is 12.6 Å². The van der Waals surface area contributed by atoms with Crippen LogP contribution in [-0.4, -0.2) is 16.0 Å². The predicted molar refractivity (Wildman–Crippen MR) is 95.6 cm³/mol. The quantitative estimate of drug-likeness (QED) is 0.406. The molecule has 0 aliphatic rings. The maximum absolute atomic E-state index is 11.7. The highest BCUT2D eigenvalue weighted by molar-refractivity contribution is 7.52. The molecule has 2 rings (SSSR count). The van der Waals surface area contributed by atoms with E-state index in [1.807, 2.05) is 30.3 Å². The van der Waals surface area contributed by atoms with E-state index in [1.54, 1.807) is 0 Å². The molecule has 0 fully saturated rings. The molecule has 2 aromatic carbocycles. The van der Waals surface area contributed by atoms with Crippen molar-refractivity contribution in [2.75, 3.05) is 0 Å². The number of oxime groups is 1. The van der Waals surface area contributed by atoms with Crippen LogP contribution in [-0.2, 0) is 16.0 Å². The van der Waals surface area contributed by atoms with Crippen molar-refractivity contribution in [2.45, 2.75) is 18.7 Å². The summed E-state index contributed by atoms with van der Waals surface area (Å²) in [5.74, 6) is 0. The SMILES string of the molecule is O=P(O)(O)C(C/C=N/OCc1ccccc1)c1ccc(Cl)c(Cl)c1. The number of rotatable bonds is 7. The molecule has 1 unspecified atom stereocenters. The molecule has 0 saturated carbocycles. The summed E-state index contributed by atoms with van der Waals surface area (Å²) in [5.41, 5.74) is 0.286. The lowest BCUT2D eigenvalue weighted by Crippen LogP contribution is -2.01. The van der Waals surface area contributed by atoms with Gasteiger partial charge in [-0.15, -0.1) is 0 Å². The highest BCUT2D eigenvalue weighted by Crippen LogP contribution is 2.53. The van der Waals surface area contributed by atoms with Gasteiger partial charge >= 0.3 is 7.60 Å². The largest absolute Gasteiger partial charge is 0.391 e. The molecule has 0 heterocycles. The third-order valence-corrected chi connectivity index (χ3v) is 5.35. The molecule has 0 aliphatic carbocycles. The summed E-state index contributed by atoms with van der Waals surface area (Å²) < 4.78 is 11.7. The molecule has 24 heavy (non-hydrogen) atoms. The van der Waals surface area contributed by atoms with E-state index in [4.69, 9.17) is 28.0 Å². The highest BCUT2D eigenvalue weighted by atomic mass is 35.5. The average molecular weight is 388 g/mol. The fraction of sp³-hybridized carbons (Fsp3) is 0.188. The van der Waals surface area contributed by atoms with Crippen LogP contribution in [0.1, 0.15) is 23.2 Å². The molecule has 0 aromatic heterocycles. The van der Waals surface area contributed by atoms with Gasteiger partial charge in [-0.2, -0.15) is 0 Å². The van der Waals surface area contributed by atoms with E-state index in [-0.39, 0.29) is 18.1 Å². The van der Waals surface area contributed by atoms with Crippen molar-refractivity contribution < 1.29 is 19.2 Å². The van der Waals surface area contributed by atoms with Gasteiger partial charge in [-0.25, -0.2) is 0 Å². The lowest BCUT2D eigenvalue weighted by Gasteiger charge is -2.17. The van der Waals surface area contributed by atoms with Crippen molar-refractivity contribution in [3.8, 4) is 0 Å².